The molecule has 0 bridgehead atoms. The van der Waals surface area contributed by atoms with Crippen LogP contribution in [0.2, 0.25) is 0 Å². The zero-order valence-corrected chi connectivity index (χ0v) is 9.36. The molecule has 1 aromatic carbocycles. The standard InChI is InChI=1S/C13H18NO/c1-3-11(2)14-13(10-15)9-12-7-5-4-6-8-12/h4-5,7-8,10-11,13-14H,3,9H2,1-2H3. The minimum Gasteiger partial charge on any atom is -0.305 e. The lowest BCUT2D eigenvalue weighted by Crippen LogP contribution is -2.38. The minimum absolute atomic E-state index is 0.0873. The summed E-state index contributed by atoms with van der Waals surface area (Å²) in [6.07, 6.45) is 2.76. The molecule has 1 rings (SSSR count). The zero-order chi connectivity index (χ0) is 11.1. The van der Waals surface area contributed by atoms with Gasteiger partial charge in [-0.05, 0) is 31.4 Å². The Morgan fingerprint density at radius 1 is 1.60 bits per heavy atom. The van der Waals surface area contributed by atoms with E-state index in [9.17, 15) is 4.79 Å². The number of carbonyl (C=O) groups is 1. The summed E-state index contributed by atoms with van der Waals surface area (Å²) in [5.41, 5.74) is 1.14. The molecule has 2 heteroatoms. The van der Waals surface area contributed by atoms with Crippen LogP contribution in [0.3, 0.4) is 0 Å². The van der Waals surface area contributed by atoms with Crippen molar-refractivity contribution in [3.05, 3.63) is 35.9 Å². The maximum Gasteiger partial charge on any atom is 0.137 e. The molecule has 1 N–H and O–H groups in total. The summed E-state index contributed by atoms with van der Waals surface area (Å²) < 4.78 is 0. The Morgan fingerprint density at radius 3 is 2.93 bits per heavy atom. The Balaban J connectivity index is 2.50. The number of carbonyl (C=O) groups excluding carboxylic acids is 1. The van der Waals surface area contributed by atoms with Crippen LogP contribution < -0.4 is 5.32 Å². The third-order valence-corrected chi connectivity index (χ3v) is 2.50. The summed E-state index contributed by atoms with van der Waals surface area (Å²) in [5, 5.41) is 3.28. The molecule has 0 aliphatic heterocycles. The number of hydrogen-bond donors (Lipinski definition) is 1. The van der Waals surface area contributed by atoms with Crippen LogP contribution >= 0.6 is 0 Å². The molecule has 0 saturated carbocycles. The minimum atomic E-state index is -0.0873. The van der Waals surface area contributed by atoms with E-state index in [4.69, 9.17) is 0 Å². The molecule has 0 saturated heterocycles. The molecule has 0 fully saturated rings. The number of rotatable bonds is 6. The van der Waals surface area contributed by atoms with E-state index in [1.807, 2.05) is 24.3 Å². The summed E-state index contributed by atoms with van der Waals surface area (Å²) in [6, 6.07) is 11.1. The second kappa shape index (κ2) is 6.36. The molecular weight excluding hydrogens is 186 g/mol. The van der Waals surface area contributed by atoms with Crippen molar-refractivity contribution in [2.45, 2.75) is 38.8 Å². The smallest absolute Gasteiger partial charge is 0.137 e. The van der Waals surface area contributed by atoms with Crippen molar-refractivity contribution in [3.63, 3.8) is 0 Å². The summed E-state index contributed by atoms with van der Waals surface area (Å²) in [5.74, 6) is 0. The van der Waals surface area contributed by atoms with Gasteiger partial charge in [-0.15, -0.1) is 0 Å². The van der Waals surface area contributed by atoms with Crippen molar-refractivity contribution in [1.29, 1.82) is 0 Å². The average Bonchev–Trinajstić information content (AvgIpc) is 2.29. The molecule has 0 aromatic heterocycles. The van der Waals surface area contributed by atoms with Crippen LogP contribution in [0.4, 0.5) is 0 Å². The van der Waals surface area contributed by atoms with Crippen molar-refractivity contribution in [3.8, 4) is 0 Å². The van der Waals surface area contributed by atoms with Crippen LogP contribution in [0.15, 0.2) is 24.3 Å². The lowest BCUT2D eigenvalue weighted by molar-refractivity contribution is -0.109. The Labute approximate surface area is 91.7 Å². The summed E-state index contributed by atoms with van der Waals surface area (Å²) in [4.78, 5) is 10.9. The Kier molecular flexibility index (Phi) is 5.05. The average molecular weight is 204 g/mol. The highest BCUT2D eigenvalue weighted by Gasteiger charge is 2.10. The second-order valence-corrected chi connectivity index (χ2v) is 3.83. The molecule has 0 heterocycles. The van der Waals surface area contributed by atoms with E-state index in [0.717, 1.165) is 24.7 Å². The lowest BCUT2D eigenvalue weighted by atomic mass is 10.1. The van der Waals surface area contributed by atoms with Gasteiger partial charge in [-0.25, -0.2) is 0 Å². The van der Waals surface area contributed by atoms with Gasteiger partial charge in [-0.1, -0.05) is 31.2 Å². The highest BCUT2D eigenvalue weighted by Crippen LogP contribution is 2.02. The monoisotopic (exact) mass is 204 g/mol. The van der Waals surface area contributed by atoms with E-state index in [-0.39, 0.29) is 6.04 Å². The summed E-state index contributed by atoms with van der Waals surface area (Å²) >= 11 is 0. The van der Waals surface area contributed by atoms with Gasteiger partial charge in [-0.3, -0.25) is 0 Å². The summed E-state index contributed by atoms with van der Waals surface area (Å²) in [7, 11) is 0. The van der Waals surface area contributed by atoms with Crippen molar-refractivity contribution in [2.24, 2.45) is 0 Å². The fraction of sp³-hybridized carbons (Fsp3) is 0.462. The number of benzene rings is 1. The highest BCUT2D eigenvalue weighted by atomic mass is 16.1. The Morgan fingerprint density at radius 2 is 2.40 bits per heavy atom. The van der Waals surface area contributed by atoms with Crippen LogP contribution in [0, 0.1) is 6.07 Å². The largest absolute Gasteiger partial charge is 0.305 e. The van der Waals surface area contributed by atoms with Gasteiger partial charge in [0.1, 0.15) is 6.29 Å². The fourth-order valence-corrected chi connectivity index (χ4v) is 1.44. The fourth-order valence-electron chi connectivity index (χ4n) is 1.44. The maximum absolute atomic E-state index is 10.9. The quantitative estimate of drug-likeness (QED) is 0.718. The van der Waals surface area contributed by atoms with Gasteiger partial charge >= 0.3 is 0 Å². The van der Waals surface area contributed by atoms with Gasteiger partial charge in [0, 0.05) is 6.04 Å². The summed E-state index contributed by atoms with van der Waals surface area (Å²) in [6.45, 7) is 4.20. The molecule has 1 radical (unpaired) electrons. The zero-order valence-electron chi connectivity index (χ0n) is 9.36. The third-order valence-electron chi connectivity index (χ3n) is 2.50. The van der Waals surface area contributed by atoms with Gasteiger partial charge in [0.15, 0.2) is 0 Å². The molecule has 81 valence electrons. The van der Waals surface area contributed by atoms with E-state index >= 15 is 0 Å². The molecule has 0 amide bonds. The Bertz CT molecular complexity index is 284. The SMILES string of the molecule is CCC(C)NC(C=O)Cc1c[c]ccc1. The van der Waals surface area contributed by atoms with Crippen LogP contribution in [-0.4, -0.2) is 18.4 Å². The molecule has 2 unspecified atom stereocenters. The first-order valence-electron chi connectivity index (χ1n) is 5.42. The predicted molar refractivity (Wildman–Crippen MR) is 61.7 cm³/mol. The normalized spacial score (nSPS) is 14.5. The molecule has 0 aliphatic carbocycles. The molecule has 2 atom stereocenters. The van der Waals surface area contributed by atoms with Crippen LogP contribution in [0.5, 0.6) is 0 Å². The van der Waals surface area contributed by atoms with E-state index in [0.29, 0.717) is 6.04 Å². The van der Waals surface area contributed by atoms with Gasteiger partial charge < -0.3 is 10.1 Å². The van der Waals surface area contributed by atoms with Gasteiger partial charge in [-0.2, -0.15) is 0 Å². The predicted octanol–water partition coefficient (Wildman–Crippen LogP) is 1.98. The van der Waals surface area contributed by atoms with Crippen molar-refractivity contribution >= 4 is 6.29 Å². The number of nitrogens with one attached hydrogen (secondary N) is 1. The van der Waals surface area contributed by atoms with Gasteiger partial charge in [0.2, 0.25) is 0 Å². The van der Waals surface area contributed by atoms with E-state index in [1.165, 1.54) is 0 Å². The molecule has 0 spiro atoms. The molecule has 0 aliphatic rings. The van der Waals surface area contributed by atoms with E-state index < -0.39 is 0 Å². The number of hydrogen-bond acceptors (Lipinski definition) is 2. The van der Waals surface area contributed by atoms with E-state index in [1.54, 1.807) is 0 Å². The van der Waals surface area contributed by atoms with Crippen molar-refractivity contribution < 1.29 is 4.79 Å². The molecular formula is C13H18NO. The number of aldehydes is 1. The van der Waals surface area contributed by atoms with Crippen molar-refractivity contribution in [2.75, 3.05) is 0 Å². The second-order valence-electron chi connectivity index (χ2n) is 3.83. The van der Waals surface area contributed by atoms with Gasteiger partial charge in [0.05, 0.1) is 6.04 Å². The first kappa shape index (κ1) is 11.9. The van der Waals surface area contributed by atoms with Crippen LogP contribution in [-0.2, 0) is 11.2 Å². The highest BCUT2D eigenvalue weighted by molar-refractivity contribution is 5.58. The maximum atomic E-state index is 10.9. The van der Waals surface area contributed by atoms with Crippen LogP contribution in [0.25, 0.3) is 0 Å². The van der Waals surface area contributed by atoms with Gasteiger partial charge in [0.25, 0.3) is 0 Å². The first-order chi connectivity index (χ1) is 7.26. The third kappa shape index (κ3) is 4.26. The first-order valence-corrected chi connectivity index (χ1v) is 5.42. The van der Waals surface area contributed by atoms with Crippen LogP contribution in [0.1, 0.15) is 25.8 Å². The van der Waals surface area contributed by atoms with E-state index in [2.05, 4.69) is 25.2 Å². The Hall–Kier alpha value is -1.15. The topological polar surface area (TPSA) is 29.1 Å². The van der Waals surface area contributed by atoms with Crippen molar-refractivity contribution in [1.82, 2.24) is 5.32 Å². The molecule has 1 aromatic rings. The molecule has 15 heavy (non-hydrogen) atoms. The lowest BCUT2D eigenvalue weighted by Gasteiger charge is -2.17. The molecule has 2 nitrogen and oxygen atoms in total.